The lowest BCUT2D eigenvalue weighted by molar-refractivity contribution is -0.175. The van der Waals surface area contributed by atoms with Crippen LogP contribution in [0.4, 0.5) is 5.69 Å². The highest BCUT2D eigenvalue weighted by Crippen LogP contribution is 2.73. The van der Waals surface area contributed by atoms with Crippen LogP contribution in [0.25, 0.3) is 0 Å². The van der Waals surface area contributed by atoms with Gasteiger partial charge in [-0.05, 0) is 53.0 Å². The number of likely N-dealkylation sites (tertiary alicyclic amines) is 1. The number of hydrogen-bond acceptors (Lipinski definition) is 7. The number of methoxy groups -OCH3 is 1. The first kappa shape index (κ1) is 34.9. The van der Waals surface area contributed by atoms with Crippen LogP contribution in [0.1, 0.15) is 48.9 Å². The number of carbonyl (C=O) groups is 4. The third-order valence-electron chi connectivity index (χ3n) is 12.7. The summed E-state index contributed by atoms with van der Waals surface area (Å²) < 4.78 is 19.5. The molecule has 1 spiro atoms. The average molecular weight is 713 g/mol. The van der Waals surface area contributed by atoms with Crippen LogP contribution >= 0.6 is 0 Å². The second-order valence-corrected chi connectivity index (χ2v) is 15.0. The van der Waals surface area contributed by atoms with Crippen LogP contribution in [0.2, 0.25) is 0 Å². The van der Waals surface area contributed by atoms with Crippen LogP contribution in [-0.4, -0.2) is 61.5 Å². The van der Waals surface area contributed by atoms with Crippen LogP contribution in [0.5, 0.6) is 0 Å². The number of imide groups is 1. The molecule has 9 heteroatoms. The first-order valence-corrected chi connectivity index (χ1v) is 18.3. The highest BCUT2D eigenvalue weighted by atomic mass is 16.5. The molecule has 4 aliphatic rings. The molecule has 3 fully saturated rings. The standard InChI is InChI=1S/C44H44N2O7/c1-28(47)46-36-23-15-14-22-34(36)44(41(46)50)37(53-29(2)48)24-35-33(25-43(51-4,31-18-10-6-11-19-31)32-20-12-7-13-21-32)38-39(44)42(35,40(49)45(38)3)27-52-26-30-16-8-5-9-17-30/h5-23,33,35,37-39H,24-27H2,1-4H3/t33-,35-,37-,38-,39+,42+,44+/m1/s1. The maximum atomic E-state index is 15.3. The van der Waals surface area contributed by atoms with Gasteiger partial charge in [-0.2, -0.15) is 0 Å². The number of benzene rings is 4. The maximum absolute atomic E-state index is 15.3. The molecule has 2 aliphatic carbocycles. The van der Waals surface area contributed by atoms with Gasteiger partial charge >= 0.3 is 5.97 Å². The summed E-state index contributed by atoms with van der Waals surface area (Å²) >= 11 is 0. The van der Waals surface area contributed by atoms with Crippen molar-refractivity contribution in [2.24, 2.45) is 23.2 Å². The molecule has 4 aromatic rings. The van der Waals surface area contributed by atoms with E-state index in [2.05, 4.69) is 24.3 Å². The van der Waals surface area contributed by atoms with Crippen LogP contribution in [0, 0.1) is 23.2 Å². The van der Waals surface area contributed by atoms with E-state index in [1.165, 1.54) is 18.7 Å². The van der Waals surface area contributed by atoms with Gasteiger partial charge < -0.3 is 19.1 Å². The number of esters is 1. The molecule has 4 bridgehead atoms. The number of fused-ring (bicyclic) bond motifs is 2. The minimum Gasteiger partial charge on any atom is -0.461 e. The minimum absolute atomic E-state index is 0.0497. The quantitative estimate of drug-likeness (QED) is 0.185. The molecule has 8 rings (SSSR count). The van der Waals surface area contributed by atoms with Gasteiger partial charge in [0.05, 0.1) is 24.3 Å². The third kappa shape index (κ3) is 4.90. The van der Waals surface area contributed by atoms with Crippen LogP contribution in [0.15, 0.2) is 115 Å². The number of ether oxygens (including phenoxy) is 3. The molecule has 2 aliphatic heterocycles. The fourth-order valence-electron chi connectivity index (χ4n) is 10.9. The summed E-state index contributed by atoms with van der Waals surface area (Å²) in [5.74, 6) is -2.82. The Hall–Kier alpha value is -5.12. The van der Waals surface area contributed by atoms with Crippen molar-refractivity contribution in [3.05, 3.63) is 138 Å². The average Bonchev–Trinajstić information content (AvgIpc) is 3.64. The van der Waals surface area contributed by atoms with Crippen molar-refractivity contribution in [2.75, 3.05) is 25.7 Å². The number of hydrogen-bond donors (Lipinski definition) is 0. The normalized spacial score (nSPS) is 28.4. The molecule has 0 N–H and O–H groups in total. The Morgan fingerprint density at radius 3 is 1.98 bits per heavy atom. The topological polar surface area (TPSA) is 102 Å². The van der Waals surface area contributed by atoms with Crippen molar-refractivity contribution in [3.8, 4) is 0 Å². The van der Waals surface area contributed by atoms with Crippen molar-refractivity contribution in [1.82, 2.24) is 4.90 Å². The Bertz CT molecular complexity index is 2020. The lowest BCUT2D eigenvalue weighted by atomic mass is 9.51. The predicted octanol–water partition coefficient (Wildman–Crippen LogP) is 6.04. The SMILES string of the molecule is COC(C[C@H]1[C@@H]2[C@H]3[C@@](COCc4ccccc4)(C(=O)N2C)[C@@H]1C[C@@H](OC(C)=O)[C@]31C(=O)N(C(C)=O)c2ccccc21)(c1ccccc1)c1ccccc1. The Morgan fingerprint density at radius 2 is 1.40 bits per heavy atom. The van der Waals surface area contributed by atoms with E-state index in [1.54, 1.807) is 24.1 Å². The molecule has 4 aromatic carbocycles. The number of para-hydroxylation sites is 1. The lowest BCUT2D eigenvalue weighted by Gasteiger charge is -2.52. The summed E-state index contributed by atoms with van der Waals surface area (Å²) in [6, 6.07) is 36.8. The Labute approximate surface area is 309 Å². The van der Waals surface area contributed by atoms with E-state index in [-0.39, 0.29) is 37.4 Å². The van der Waals surface area contributed by atoms with Crippen molar-refractivity contribution in [1.29, 1.82) is 0 Å². The highest BCUT2D eigenvalue weighted by Gasteiger charge is 2.84. The van der Waals surface area contributed by atoms with E-state index in [0.29, 0.717) is 17.7 Å². The molecular formula is C44H44N2O7. The molecule has 9 nitrogen and oxygen atoms in total. The summed E-state index contributed by atoms with van der Waals surface area (Å²) in [5, 5.41) is 0. The summed E-state index contributed by atoms with van der Waals surface area (Å²) in [6.07, 6.45) is -0.246. The van der Waals surface area contributed by atoms with Crippen LogP contribution < -0.4 is 4.90 Å². The second-order valence-electron chi connectivity index (χ2n) is 15.0. The van der Waals surface area contributed by atoms with Gasteiger partial charge in [0.1, 0.15) is 17.1 Å². The molecule has 0 aromatic heterocycles. The summed E-state index contributed by atoms with van der Waals surface area (Å²) in [6.45, 7) is 3.04. The highest BCUT2D eigenvalue weighted by molar-refractivity contribution is 6.23. The molecule has 1 saturated heterocycles. The zero-order chi connectivity index (χ0) is 37.1. The molecule has 2 heterocycles. The Balaban J connectivity index is 1.36. The van der Waals surface area contributed by atoms with E-state index in [9.17, 15) is 9.59 Å². The number of carbonyl (C=O) groups excluding carboxylic acids is 4. The van der Waals surface area contributed by atoms with Gasteiger partial charge in [-0.15, -0.1) is 0 Å². The van der Waals surface area contributed by atoms with Crippen LogP contribution in [0.3, 0.4) is 0 Å². The number of piperidine rings is 1. The molecule has 2 saturated carbocycles. The smallest absolute Gasteiger partial charge is 0.302 e. The second kappa shape index (κ2) is 13.1. The fourth-order valence-corrected chi connectivity index (χ4v) is 10.9. The summed E-state index contributed by atoms with van der Waals surface area (Å²) in [7, 11) is 3.53. The zero-order valence-electron chi connectivity index (χ0n) is 30.4. The van der Waals surface area contributed by atoms with Gasteiger partial charge in [-0.3, -0.25) is 19.2 Å². The van der Waals surface area contributed by atoms with E-state index >= 15 is 9.59 Å². The largest absolute Gasteiger partial charge is 0.461 e. The van der Waals surface area contributed by atoms with E-state index in [0.717, 1.165) is 16.7 Å². The molecule has 0 radical (unpaired) electrons. The molecule has 0 unspecified atom stereocenters. The zero-order valence-corrected chi connectivity index (χ0v) is 30.4. The van der Waals surface area contributed by atoms with E-state index < -0.39 is 52.3 Å². The Kier molecular flexibility index (Phi) is 8.62. The van der Waals surface area contributed by atoms with Gasteiger partial charge in [0.15, 0.2) is 0 Å². The number of nitrogens with zero attached hydrogens (tertiary/aromatic N) is 2. The lowest BCUT2D eigenvalue weighted by Crippen LogP contribution is -2.64. The number of rotatable bonds is 10. The number of amides is 3. The van der Waals surface area contributed by atoms with Crippen molar-refractivity contribution in [3.63, 3.8) is 0 Å². The van der Waals surface area contributed by atoms with Gasteiger partial charge in [-0.1, -0.05) is 109 Å². The van der Waals surface area contributed by atoms with Gasteiger partial charge in [0.25, 0.3) is 0 Å². The third-order valence-corrected chi connectivity index (χ3v) is 12.7. The van der Waals surface area contributed by atoms with Gasteiger partial charge in [0, 0.05) is 40.0 Å². The minimum atomic E-state index is -1.53. The van der Waals surface area contributed by atoms with Crippen molar-refractivity contribution >= 4 is 29.4 Å². The first-order chi connectivity index (χ1) is 25.6. The Morgan fingerprint density at radius 1 is 0.811 bits per heavy atom. The molecule has 272 valence electrons. The number of anilines is 1. The first-order valence-electron chi connectivity index (χ1n) is 18.3. The summed E-state index contributed by atoms with van der Waals surface area (Å²) in [4.78, 5) is 59.8. The van der Waals surface area contributed by atoms with Crippen LogP contribution in [-0.2, 0) is 51.0 Å². The van der Waals surface area contributed by atoms with Crippen molar-refractivity contribution in [2.45, 2.75) is 56.5 Å². The monoisotopic (exact) mass is 712 g/mol. The van der Waals surface area contributed by atoms with Crippen molar-refractivity contribution < 1.29 is 33.4 Å². The van der Waals surface area contributed by atoms with Gasteiger partial charge in [0.2, 0.25) is 17.7 Å². The van der Waals surface area contributed by atoms with Gasteiger partial charge in [-0.25, -0.2) is 4.90 Å². The fraction of sp³-hybridized carbons (Fsp3) is 0.364. The van der Waals surface area contributed by atoms with E-state index in [1.807, 2.05) is 85.9 Å². The summed E-state index contributed by atoms with van der Waals surface area (Å²) in [5.41, 5.74) is 0.305. The molecule has 7 atom stereocenters. The van der Waals surface area contributed by atoms with E-state index in [4.69, 9.17) is 14.2 Å². The molecule has 53 heavy (non-hydrogen) atoms. The maximum Gasteiger partial charge on any atom is 0.302 e. The molecule has 3 amide bonds. The molecular weight excluding hydrogens is 668 g/mol. The predicted molar refractivity (Wildman–Crippen MR) is 197 cm³/mol.